The number of nitrogens with zero attached hydrogens (tertiary/aromatic N) is 3. The summed E-state index contributed by atoms with van der Waals surface area (Å²) in [5.41, 5.74) is 1.21. The maximum Gasteiger partial charge on any atom is 0.292 e. The summed E-state index contributed by atoms with van der Waals surface area (Å²) in [5, 5.41) is 10.8. The summed E-state index contributed by atoms with van der Waals surface area (Å²) < 4.78 is 13.5. The first-order valence-corrected chi connectivity index (χ1v) is 9.40. The molecule has 2 fully saturated rings. The lowest BCUT2D eigenvalue weighted by Crippen LogP contribution is -3.19. The minimum Gasteiger partial charge on any atom is -0.360 e. The van der Waals surface area contributed by atoms with Crippen molar-refractivity contribution in [2.24, 2.45) is 0 Å². The predicted octanol–water partition coefficient (Wildman–Crippen LogP) is 0.771. The van der Waals surface area contributed by atoms with E-state index in [-0.39, 0.29) is 29.6 Å². The number of non-ortho nitro benzene ring substituents is 1. The number of nitro benzene ring substituents is 1. The van der Waals surface area contributed by atoms with E-state index >= 15 is 0 Å². The number of nitrogens with one attached hydrogen (secondary N) is 1. The predicted molar refractivity (Wildman–Crippen MR) is 103 cm³/mol. The van der Waals surface area contributed by atoms with E-state index in [4.69, 9.17) is 0 Å². The van der Waals surface area contributed by atoms with Gasteiger partial charge in [0.2, 0.25) is 5.91 Å². The number of carbonyl (C=O) groups is 2. The Morgan fingerprint density at radius 3 is 2.34 bits per heavy atom. The van der Waals surface area contributed by atoms with E-state index in [9.17, 15) is 24.1 Å². The van der Waals surface area contributed by atoms with Crippen LogP contribution in [-0.4, -0.2) is 49.0 Å². The molecule has 0 saturated carbocycles. The number of amides is 2. The molecule has 2 aromatic rings. The number of halogens is 1. The van der Waals surface area contributed by atoms with E-state index in [1.165, 1.54) is 30.3 Å². The number of benzene rings is 2. The van der Waals surface area contributed by atoms with Gasteiger partial charge in [-0.2, -0.15) is 0 Å². The molecule has 2 heterocycles. The van der Waals surface area contributed by atoms with Gasteiger partial charge in [-0.1, -0.05) is 6.07 Å². The molecule has 0 spiro atoms. The number of rotatable bonds is 4. The average Bonchev–Trinajstić information content (AvgIpc) is 3.02. The van der Waals surface area contributed by atoms with Crippen molar-refractivity contribution in [3.8, 4) is 0 Å². The van der Waals surface area contributed by atoms with Gasteiger partial charge in [0.25, 0.3) is 11.6 Å². The number of hydrogen-bond donors (Lipinski definition) is 1. The highest BCUT2D eigenvalue weighted by atomic mass is 19.1. The van der Waals surface area contributed by atoms with Crippen LogP contribution in [0.15, 0.2) is 48.5 Å². The zero-order chi connectivity index (χ0) is 20.5. The lowest BCUT2D eigenvalue weighted by atomic mass is 10.1. The molecule has 2 aliphatic rings. The van der Waals surface area contributed by atoms with E-state index in [2.05, 4.69) is 4.90 Å². The molecule has 150 valence electrons. The summed E-state index contributed by atoms with van der Waals surface area (Å²) in [6.45, 7) is 2.67. The maximum atomic E-state index is 13.5. The minimum absolute atomic E-state index is 0.0468. The van der Waals surface area contributed by atoms with Gasteiger partial charge >= 0.3 is 0 Å². The third-order valence-corrected chi connectivity index (χ3v) is 5.54. The number of imide groups is 1. The third-order valence-electron chi connectivity index (χ3n) is 5.54. The fourth-order valence-corrected chi connectivity index (χ4v) is 4.02. The number of quaternary nitrogens is 1. The van der Waals surface area contributed by atoms with Crippen molar-refractivity contribution in [1.82, 2.24) is 0 Å². The Morgan fingerprint density at radius 2 is 1.72 bits per heavy atom. The highest BCUT2D eigenvalue weighted by Crippen LogP contribution is 2.23. The Balaban J connectivity index is 1.41. The van der Waals surface area contributed by atoms with Crippen molar-refractivity contribution in [1.29, 1.82) is 0 Å². The van der Waals surface area contributed by atoms with Crippen LogP contribution in [0.2, 0.25) is 0 Å². The fraction of sp³-hybridized carbons (Fsp3) is 0.300. The molecule has 2 aromatic carbocycles. The van der Waals surface area contributed by atoms with Crippen molar-refractivity contribution in [3.05, 3.63) is 64.5 Å². The summed E-state index contributed by atoms with van der Waals surface area (Å²) in [4.78, 5) is 39.9. The Kier molecular flexibility index (Phi) is 4.98. The van der Waals surface area contributed by atoms with Crippen LogP contribution < -0.4 is 14.7 Å². The summed E-state index contributed by atoms with van der Waals surface area (Å²) in [6, 6.07) is 11.4. The lowest BCUT2D eigenvalue weighted by molar-refractivity contribution is -0.915. The van der Waals surface area contributed by atoms with E-state index < -0.39 is 16.8 Å². The van der Waals surface area contributed by atoms with Crippen LogP contribution in [0.3, 0.4) is 0 Å². The van der Waals surface area contributed by atoms with Gasteiger partial charge in [0.1, 0.15) is 5.82 Å². The molecule has 2 saturated heterocycles. The second kappa shape index (κ2) is 7.59. The SMILES string of the molecule is O=C1C[C@@H]([NH+]2CCN(c3ccc([N+](=O)[O-])cc3)CC2)C(=O)N1c1cccc(F)c1. The quantitative estimate of drug-likeness (QED) is 0.466. The van der Waals surface area contributed by atoms with Crippen LogP contribution >= 0.6 is 0 Å². The van der Waals surface area contributed by atoms with Crippen LogP contribution in [0.1, 0.15) is 6.42 Å². The monoisotopic (exact) mass is 399 g/mol. The molecular formula is C20H20FN4O4+. The highest BCUT2D eigenvalue weighted by Gasteiger charge is 2.46. The Bertz CT molecular complexity index is 957. The fourth-order valence-electron chi connectivity index (χ4n) is 4.02. The molecule has 0 aromatic heterocycles. The van der Waals surface area contributed by atoms with Gasteiger partial charge in [-0.25, -0.2) is 9.29 Å². The van der Waals surface area contributed by atoms with E-state index in [0.29, 0.717) is 26.2 Å². The summed E-state index contributed by atoms with van der Waals surface area (Å²) in [7, 11) is 0. The molecular weight excluding hydrogens is 379 g/mol. The molecule has 4 rings (SSSR count). The largest absolute Gasteiger partial charge is 0.360 e. The zero-order valence-corrected chi connectivity index (χ0v) is 15.6. The molecule has 1 atom stereocenters. The number of hydrogen-bond acceptors (Lipinski definition) is 5. The Labute approximate surface area is 166 Å². The van der Waals surface area contributed by atoms with Crippen molar-refractivity contribution < 1.29 is 23.8 Å². The van der Waals surface area contributed by atoms with Crippen molar-refractivity contribution >= 4 is 28.9 Å². The van der Waals surface area contributed by atoms with Gasteiger partial charge in [0.15, 0.2) is 6.04 Å². The van der Waals surface area contributed by atoms with Gasteiger partial charge in [0, 0.05) is 17.8 Å². The Morgan fingerprint density at radius 1 is 1.03 bits per heavy atom. The second-order valence-corrected chi connectivity index (χ2v) is 7.22. The van der Waals surface area contributed by atoms with Gasteiger partial charge < -0.3 is 9.80 Å². The number of piperazine rings is 1. The van der Waals surface area contributed by atoms with Gasteiger partial charge in [-0.3, -0.25) is 19.7 Å². The molecule has 29 heavy (non-hydrogen) atoms. The zero-order valence-electron chi connectivity index (χ0n) is 15.6. The summed E-state index contributed by atoms with van der Waals surface area (Å²) >= 11 is 0. The van der Waals surface area contributed by atoms with Crippen LogP contribution in [0.25, 0.3) is 0 Å². The summed E-state index contributed by atoms with van der Waals surface area (Å²) in [5.74, 6) is -1.09. The molecule has 0 aliphatic carbocycles. The molecule has 0 bridgehead atoms. The van der Waals surface area contributed by atoms with E-state index in [1.807, 2.05) is 0 Å². The van der Waals surface area contributed by atoms with Crippen molar-refractivity contribution in [2.75, 3.05) is 36.0 Å². The van der Waals surface area contributed by atoms with Gasteiger partial charge in [-0.05, 0) is 30.3 Å². The number of nitro groups is 1. The Hall–Kier alpha value is -3.33. The highest BCUT2D eigenvalue weighted by molar-refractivity contribution is 6.21. The average molecular weight is 399 g/mol. The number of anilines is 2. The van der Waals surface area contributed by atoms with E-state index in [1.54, 1.807) is 18.2 Å². The minimum atomic E-state index is -0.490. The summed E-state index contributed by atoms with van der Waals surface area (Å²) in [6.07, 6.45) is 0.113. The maximum absolute atomic E-state index is 13.5. The standard InChI is InChI=1S/C20H19FN4O4/c21-14-2-1-3-17(12-14)24-19(26)13-18(20(24)27)23-10-8-22(9-11-23)15-4-6-16(7-5-15)25(28)29/h1-7,12,18H,8-11,13H2/p+1/t18-/m1/s1. The first-order chi connectivity index (χ1) is 13.9. The van der Waals surface area contributed by atoms with Gasteiger partial charge in [0.05, 0.1) is 43.2 Å². The van der Waals surface area contributed by atoms with Crippen LogP contribution in [0, 0.1) is 15.9 Å². The number of carbonyl (C=O) groups excluding carboxylic acids is 2. The van der Waals surface area contributed by atoms with Crippen LogP contribution in [0.5, 0.6) is 0 Å². The molecule has 8 nitrogen and oxygen atoms in total. The smallest absolute Gasteiger partial charge is 0.292 e. The molecule has 0 unspecified atom stereocenters. The molecule has 9 heteroatoms. The third kappa shape index (κ3) is 3.68. The second-order valence-electron chi connectivity index (χ2n) is 7.22. The van der Waals surface area contributed by atoms with Crippen molar-refractivity contribution in [2.45, 2.75) is 12.5 Å². The van der Waals surface area contributed by atoms with E-state index in [0.717, 1.165) is 15.5 Å². The van der Waals surface area contributed by atoms with Crippen LogP contribution in [-0.2, 0) is 9.59 Å². The van der Waals surface area contributed by atoms with Crippen LogP contribution in [0.4, 0.5) is 21.5 Å². The lowest BCUT2D eigenvalue weighted by Gasteiger charge is -2.35. The van der Waals surface area contributed by atoms with Crippen molar-refractivity contribution in [3.63, 3.8) is 0 Å². The molecule has 0 radical (unpaired) electrons. The molecule has 2 amide bonds. The molecule has 1 N–H and O–H groups in total. The normalized spacial score (nSPS) is 20.4. The van der Waals surface area contributed by atoms with Gasteiger partial charge in [-0.15, -0.1) is 0 Å². The topological polar surface area (TPSA) is 88.2 Å². The molecule has 2 aliphatic heterocycles. The first kappa shape index (κ1) is 19.0. The first-order valence-electron chi connectivity index (χ1n) is 9.40.